The van der Waals surface area contributed by atoms with Crippen LogP contribution in [0.3, 0.4) is 0 Å². The topological polar surface area (TPSA) is 116 Å². The van der Waals surface area contributed by atoms with E-state index >= 15 is 0 Å². The first kappa shape index (κ1) is 26.9. The minimum absolute atomic E-state index is 0.0529. The molecule has 0 aliphatic heterocycles. The van der Waals surface area contributed by atoms with Crippen LogP contribution in [0.4, 0.5) is 26.2 Å². The van der Waals surface area contributed by atoms with E-state index in [-0.39, 0.29) is 10.9 Å². The highest BCUT2D eigenvalue weighted by Crippen LogP contribution is 2.30. The van der Waals surface area contributed by atoms with Gasteiger partial charge in [0.2, 0.25) is 5.91 Å². The molecule has 0 unspecified atom stereocenters. The molecule has 0 spiro atoms. The average molecular weight is 515 g/mol. The first-order valence-corrected chi connectivity index (χ1v) is 13.1. The lowest BCUT2D eigenvalue weighted by molar-refractivity contribution is -0.124. The van der Waals surface area contributed by atoms with Gasteiger partial charge < -0.3 is 16.0 Å². The molecule has 3 aromatic carbocycles. The SMILES string of the molecule is CCCCNC(=O)Nc1cccc2c(S(=O)(=O)Nc3ccc(NC(=O)C(C)(C)CF)cc3)cccc12. The van der Waals surface area contributed by atoms with Gasteiger partial charge in [-0.3, -0.25) is 9.52 Å². The molecule has 0 radical (unpaired) electrons. The molecule has 0 atom stereocenters. The van der Waals surface area contributed by atoms with Crippen LogP contribution in [0.15, 0.2) is 65.6 Å². The van der Waals surface area contributed by atoms with Gasteiger partial charge in [0.25, 0.3) is 10.0 Å². The summed E-state index contributed by atoms with van der Waals surface area (Å²) in [7, 11) is -3.98. The lowest BCUT2D eigenvalue weighted by Crippen LogP contribution is -2.32. The van der Waals surface area contributed by atoms with Gasteiger partial charge in [0.1, 0.15) is 6.67 Å². The van der Waals surface area contributed by atoms with Crippen molar-refractivity contribution in [1.82, 2.24) is 5.32 Å². The predicted molar refractivity (Wildman–Crippen MR) is 142 cm³/mol. The van der Waals surface area contributed by atoms with Gasteiger partial charge in [0, 0.05) is 28.7 Å². The number of sulfonamides is 1. The maximum absolute atomic E-state index is 13.2. The smallest absolute Gasteiger partial charge is 0.319 e. The number of alkyl halides is 1. The van der Waals surface area contributed by atoms with Gasteiger partial charge >= 0.3 is 6.03 Å². The van der Waals surface area contributed by atoms with E-state index in [1.54, 1.807) is 30.3 Å². The second-order valence-corrected chi connectivity index (χ2v) is 10.7. The van der Waals surface area contributed by atoms with Crippen molar-refractivity contribution in [3.05, 3.63) is 60.7 Å². The number of amides is 3. The second kappa shape index (κ2) is 11.4. The molecule has 0 saturated carbocycles. The average Bonchev–Trinajstić information content (AvgIpc) is 2.85. The lowest BCUT2D eigenvalue weighted by atomic mass is 9.94. The monoisotopic (exact) mass is 514 g/mol. The number of carbonyl (C=O) groups is 2. The first-order valence-electron chi connectivity index (χ1n) is 11.6. The quantitative estimate of drug-likeness (QED) is 0.268. The normalized spacial score (nSPS) is 11.7. The number of hydrogen-bond donors (Lipinski definition) is 4. The number of carbonyl (C=O) groups excluding carboxylic acids is 2. The van der Waals surface area contributed by atoms with Crippen LogP contribution in [-0.2, 0) is 14.8 Å². The second-order valence-electron chi connectivity index (χ2n) is 9.05. The summed E-state index contributed by atoms with van der Waals surface area (Å²) in [6, 6.07) is 15.6. The standard InChI is InChI=1S/C26H31FN4O4S/c1-4-5-16-28-25(33)30-22-10-6-9-21-20(22)8-7-11-23(21)36(34,35)31-19-14-12-18(13-15-19)29-24(32)26(2,3)17-27/h6-15,31H,4-5,16-17H2,1-3H3,(H,29,32)(H2,28,30,33). The Bertz CT molecular complexity index is 1340. The molecule has 0 aromatic heterocycles. The van der Waals surface area contributed by atoms with Crippen molar-refractivity contribution >= 4 is 49.8 Å². The molecule has 0 saturated heterocycles. The molecule has 36 heavy (non-hydrogen) atoms. The Kier molecular flexibility index (Phi) is 8.52. The summed E-state index contributed by atoms with van der Waals surface area (Å²) >= 11 is 0. The van der Waals surface area contributed by atoms with E-state index in [4.69, 9.17) is 0 Å². The maximum atomic E-state index is 13.2. The summed E-state index contributed by atoms with van der Waals surface area (Å²) in [4.78, 5) is 24.4. The summed E-state index contributed by atoms with van der Waals surface area (Å²) in [5.41, 5.74) is 0.0372. The van der Waals surface area contributed by atoms with Gasteiger partial charge in [-0.15, -0.1) is 0 Å². The van der Waals surface area contributed by atoms with Crippen LogP contribution < -0.4 is 20.7 Å². The van der Waals surface area contributed by atoms with Crippen LogP contribution in [0.5, 0.6) is 0 Å². The molecule has 0 fully saturated rings. The first-order chi connectivity index (χ1) is 17.1. The summed E-state index contributed by atoms with van der Waals surface area (Å²) in [6.07, 6.45) is 1.82. The van der Waals surface area contributed by atoms with Crippen molar-refractivity contribution in [2.45, 2.75) is 38.5 Å². The minimum Gasteiger partial charge on any atom is -0.338 e. The number of benzene rings is 3. The van der Waals surface area contributed by atoms with Crippen molar-refractivity contribution in [2.24, 2.45) is 5.41 Å². The third-order valence-corrected chi connectivity index (χ3v) is 7.02. The van der Waals surface area contributed by atoms with Crippen molar-refractivity contribution in [1.29, 1.82) is 0 Å². The van der Waals surface area contributed by atoms with Crippen molar-refractivity contribution in [3.8, 4) is 0 Å². The fourth-order valence-electron chi connectivity index (χ4n) is 3.36. The fraction of sp³-hybridized carbons (Fsp3) is 0.308. The molecule has 192 valence electrons. The van der Waals surface area contributed by atoms with Crippen molar-refractivity contribution in [3.63, 3.8) is 0 Å². The Morgan fingerprint density at radius 3 is 2.19 bits per heavy atom. The van der Waals surface area contributed by atoms with E-state index < -0.39 is 28.0 Å². The molecule has 3 amide bonds. The van der Waals surface area contributed by atoms with Gasteiger partial charge in [-0.05, 0) is 56.7 Å². The van der Waals surface area contributed by atoms with Gasteiger partial charge in [0.05, 0.1) is 16.0 Å². The summed E-state index contributed by atoms with van der Waals surface area (Å²) in [5.74, 6) is -0.474. The van der Waals surface area contributed by atoms with Gasteiger partial charge in [-0.2, -0.15) is 0 Å². The fourth-order valence-corrected chi connectivity index (χ4v) is 4.64. The number of fused-ring (bicyclic) bond motifs is 1. The molecule has 3 rings (SSSR count). The Balaban J connectivity index is 1.80. The number of nitrogens with one attached hydrogen (secondary N) is 4. The third-order valence-electron chi connectivity index (χ3n) is 5.58. The number of hydrogen-bond acceptors (Lipinski definition) is 4. The highest BCUT2D eigenvalue weighted by molar-refractivity contribution is 7.93. The molecule has 0 aliphatic carbocycles. The molecule has 8 nitrogen and oxygen atoms in total. The molecule has 4 N–H and O–H groups in total. The molecule has 0 heterocycles. The predicted octanol–water partition coefficient (Wildman–Crippen LogP) is 5.50. The van der Waals surface area contributed by atoms with Gasteiger partial charge in [-0.25, -0.2) is 17.6 Å². The minimum atomic E-state index is -3.98. The number of rotatable bonds is 10. The zero-order valence-electron chi connectivity index (χ0n) is 20.5. The number of urea groups is 1. The van der Waals surface area contributed by atoms with Crippen LogP contribution in [0, 0.1) is 5.41 Å². The Labute approximate surface area is 210 Å². The molecule has 0 bridgehead atoms. The zero-order valence-corrected chi connectivity index (χ0v) is 21.3. The third kappa shape index (κ3) is 6.51. The van der Waals surface area contributed by atoms with Crippen LogP contribution in [-0.4, -0.2) is 33.6 Å². The van der Waals surface area contributed by atoms with Crippen molar-refractivity contribution < 1.29 is 22.4 Å². The molecular weight excluding hydrogens is 483 g/mol. The largest absolute Gasteiger partial charge is 0.338 e. The maximum Gasteiger partial charge on any atom is 0.319 e. The van der Waals surface area contributed by atoms with E-state index in [9.17, 15) is 22.4 Å². The Morgan fingerprint density at radius 2 is 1.53 bits per heavy atom. The number of anilines is 3. The molecule has 10 heteroatoms. The van der Waals surface area contributed by atoms with E-state index in [0.29, 0.717) is 34.4 Å². The highest BCUT2D eigenvalue weighted by atomic mass is 32.2. The summed E-state index contributed by atoms with van der Waals surface area (Å²) in [5, 5.41) is 9.22. The van der Waals surface area contributed by atoms with E-state index in [2.05, 4.69) is 20.7 Å². The van der Waals surface area contributed by atoms with Crippen LogP contribution in [0.1, 0.15) is 33.6 Å². The molecule has 3 aromatic rings. The Hall–Kier alpha value is -3.66. The van der Waals surface area contributed by atoms with Gasteiger partial charge in [-0.1, -0.05) is 37.6 Å². The van der Waals surface area contributed by atoms with E-state index in [0.717, 1.165) is 12.8 Å². The Morgan fingerprint density at radius 1 is 0.889 bits per heavy atom. The van der Waals surface area contributed by atoms with Crippen LogP contribution in [0.25, 0.3) is 10.8 Å². The summed E-state index contributed by atoms with van der Waals surface area (Å²) in [6.45, 7) is 4.76. The van der Waals surface area contributed by atoms with E-state index in [1.165, 1.54) is 44.2 Å². The van der Waals surface area contributed by atoms with Crippen LogP contribution >= 0.6 is 0 Å². The number of unbranched alkanes of at least 4 members (excludes halogenated alkanes) is 1. The van der Waals surface area contributed by atoms with Gasteiger partial charge in [0.15, 0.2) is 0 Å². The van der Waals surface area contributed by atoms with Crippen molar-refractivity contribution in [2.75, 3.05) is 28.6 Å². The summed E-state index contributed by atoms with van der Waals surface area (Å²) < 4.78 is 42.0. The number of halogens is 1. The van der Waals surface area contributed by atoms with Crippen LogP contribution in [0.2, 0.25) is 0 Å². The lowest BCUT2D eigenvalue weighted by Gasteiger charge is -2.19. The zero-order chi connectivity index (χ0) is 26.3. The molecular formula is C26H31FN4O4S. The van der Waals surface area contributed by atoms with E-state index in [1.807, 2.05) is 6.92 Å². The highest BCUT2D eigenvalue weighted by Gasteiger charge is 2.27. The molecule has 0 aliphatic rings.